The number of carbonyl (C=O) groups is 1. The summed E-state index contributed by atoms with van der Waals surface area (Å²) in [4.78, 5) is 13.7. The highest BCUT2D eigenvalue weighted by atomic mass is 16.1. The zero-order chi connectivity index (χ0) is 14.1. The van der Waals surface area contributed by atoms with Crippen molar-refractivity contribution in [3.63, 3.8) is 0 Å². The van der Waals surface area contributed by atoms with Crippen molar-refractivity contribution in [2.24, 2.45) is 0 Å². The maximum Gasteiger partial charge on any atom is 0.221 e. The molecule has 19 heavy (non-hydrogen) atoms. The summed E-state index contributed by atoms with van der Waals surface area (Å²) < 4.78 is 0. The van der Waals surface area contributed by atoms with Crippen LogP contribution in [0, 0.1) is 0 Å². The first kappa shape index (κ1) is 15.5. The Morgan fingerprint density at radius 3 is 2.63 bits per heavy atom. The maximum absolute atomic E-state index is 11.6. The average molecular weight is 263 g/mol. The van der Waals surface area contributed by atoms with E-state index in [0.29, 0.717) is 19.5 Å². The molecule has 0 aliphatic rings. The minimum absolute atomic E-state index is 0.100. The van der Waals surface area contributed by atoms with Crippen LogP contribution in [0.5, 0.6) is 0 Å². The third kappa shape index (κ3) is 6.25. The monoisotopic (exact) mass is 263 g/mol. The molecule has 1 amide bonds. The van der Waals surface area contributed by atoms with Gasteiger partial charge in [-0.3, -0.25) is 4.79 Å². The first-order valence-corrected chi connectivity index (χ1v) is 6.86. The molecule has 0 saturated carbocycles. The number of para-hydroxylation sites is 1. The maximum atomic E-state index is 11.6. The van der Waals surface area contributed by atoms with E-state index in [4.69, 9.17) is 0 Å². The lowest BCUT2D eigenvalue weighted by Crippen LogP contribution is -2.32. The summed E-state index contributed by atoms with van der Waals surface area (Å²) in [5.41, 5.74) is 2.42. The predicted molar refractivity (Wildman–Crippen MR) is 80.5 cm³/mol. The fourth-order valence-electron chi connectivity index (χ4n) is 1.82. The van der Waals surface area contributed by atoms with Crippen LogP contribution < -0.4 is 10.6 Å². The minimum atomic E-state index is 0.100. The molecule has 0 bridgehead atoms. The summed E-state index contributed by atoms with van der Waals surface area (Å²) in [7, 11) is 3.99. The molecule has 1 aromatic carbocycles. The summed E-state index contributed by atoms with van der Waals surface area (Å²) in [6, 6.07) is 8.22. The largest absolute Gasteiger partial charge is 0.384 e. The van der Waals surface area contributed by atoms with E-state index >= 15 is 0 Å². The second kappa shape index (κ2) is 8.53. The number of aryl methyl sites for hydroxylation is 1. The SMILES string of the molecule is CCc1ccccc1NCCC(=O)NCCN(C)C. The molecule has 0 heterocycles. The summed E-state index contributed by atoms with van der Waals surface area (Å²) in [5.74, 6) is 0.100. The molecule has 4 heteroatoms. The number of benzene rings is 1. The molecular formula is C15H25N3O. The van der Waals surface area contributed by atoms with Gasteiger partial charge in [-0.25, -0.2) is 0 Å². The van der Waals surface area contributed by atoms with Crippen molar-refractivity contribution in [1.82, 2.24) is 10.2 Å². The molecule has 4 nitrogen and oxygen atoms in total. The highest BCUT2D eigenvalue weighted by Crippen LogP contribution is 2.14. The number of hydrogen-bond acceptors (Lipinski definition) is 3. The quantitative estimate of drug-likeness (QED) is 0.751. The number of nitrogens with one attached hydrogen (secondary N) is 2. The summed E-state index contributed by atoms with van der Waals surface area (Å²) in [5, 5.41) is 6.23. The number of likely N-dealkylation sites (N-methyl/N-ethyl adjacent to an activating group) is 1. The lowest BCUT2D eigenvalue weighted by atomic mass is 10.1. The molecule has 1 aromatic rings. The van der Waals surface area contributed by atoms with E-state index in [1.54, 1.807) is 0 Å². The Hall–Kier alpha value is -1.55. The van der Waals surface area contributed by atoms with Gasteiger partial charge in [-0.1, -0.05) is 25.1 Å². The predicted octanol–water partition coefficient (Wildman–Crippen LogP) is 1.73. The molecule has 0 fully saturated rings. The molecule has 0 unspecified atom stereocenters. The van der Waals surface area contributed by atoms with Crippen LogP contribution in [0.3, 0.4) is 0 Å². The second-order valence-electron chi connectivity index (χ2n) is 4.84. The van der Waals surface area contributed by atoms with Crippen LogP contribution in [-0.4, -0.2) is 44.5 Å². The van der Waals surface area contributed by atoms with E-state index < -0.39 is 0 Å². The zero-order valence-corrected chi connectivity index (χ0v) is 12.2. The second-order valence-corrected chi connectivity index (χ2v) is 4.84. The topological polar surface area (TPSA) is 44.4 Å². The van der Waals surface area contributed by atoms with Gasteiger partial charge >= 0.3 is 0 Å². The van der Waals surface area contributed by atoms with Gasteiger partial charge in [0, 0.05) is 31.7 Å². The molecule has 0 aliphatic heterocycles. The number of amides is 1. The smallest absolute Gasteiger partial charge is 0.221 e. The van der Waals surface area contributed by atoms with Crippen LogP contribution in [0.15, 0.2) is 24.3 Å². The van der Waals surface area contributed by atoms with E-state index in [-0.39, 0.29) is 5.91 Å². The van der Waals surface area contributed by atoms with Crippen LogP contribution in [0.1, 0.15) is 18.9 Å². The van der Waals surface area contributed by atoms with Crippen molar-refractivity contribution in [2.75, 3.05) is 39.0 Å². The highest BCUT2D eigenvalue weighted by Gasteiger charge is 2.02. The molecule has 0 spiro atoms. The number of rotatable bonds is 8. The van der Waals surface area contributed by atoms with Gasteiger partial charge in [0.05, 0.1) is 0 Å². The third-order valence-electron chi connectivity index (χ3n) is 2.95. The Kier molecular flexibility index (Phi) is 6.97. The molecule has 2 N–H and O–H groups in total. The summed E-state index contributed by atoms with van der Waals surface area (Å²) >= 11 is 0. The van der Waals surface area contributed by atoms with E-state index in [1.165, 1.54) is 5.56 Å². The van der Waals surface area contributed by atoms with E-state index in [1.807, 2.05) is 26.2 Å². The van der Waals surface area contributed by atoms with Gasteiger partial charge in [-0.15, -0.1) is 0 Å². The number of anilines is 1. The molecule has 1 rings (SSSR count). The molecule has 106 valence electrons. The number of hydrogen-bond donors (Lipinski definition) is 2. The Labute approximate surface area is 116 Å². The van der Waals surface area contributed by atoms with Crippen molar-refractivity contribution in [3.05, 3.63) is 29.8 Å². The number of carbonyl (C=O) groups excluding carboxylic acids is 1. The van der Waals surface area contributed by atoms with Crippen molar-refractivity contribution >= 4 is 11.6 Å². The van der Waals surface area contributed by atoms with Crippen LogP contribution in [-0.2, 0) is 11.2 Å². The lowest BCUT2D eigenvalue weighted by Gasteiger charge is -2.12. The van der Waals surface area contributed by atoms with E-state index in [9.17, 15) is 4.79 Å². The van der Waals surface area contributed by atoms with Crippen molar-refractivity contribution < 1.29 is 4.79 Å². The summed E-state index contributed by atoms with van der Waals surface area (Å²) in [6.45, 7) is 4.38. The van der Waals surface area contributed by atoms with Crippen LogP contribution in [0.2, 0.25) is 0 Å². The normalized spacial score (nSPS) is 10.5. The zero-order valence-electron chi connectivity index (χ0n) is 12.2. The van der Waals surface area contributed by atoms with Crippen molar-refractivity contribution in [2.45, 2.75) is 19.8 Å². The van der Waals surface area contributed by atoms with Crippen molar-refractivity contribution in [1.29, 1.82) is 0 Å². The molecule has 0 aromatic heterocycles. The van der Waals surface area contributed by atoms with Gasteiger partial charge in [-0.2, -0.15) is 0 Å². The molecule has 0 radical (unpaired) electrons. The fraction of sp³-hybridized carbons (Fsp3) is 0.533. The van der Waals surface area contributed by atoms with Crippen LogP contribution >= 0.6 is 0 Å². The van der Waals surface area contributed by atoms with Crippen LogP contribution in [0.4, 0.5) is 5.69 Å². The standard InChI is InChI=1S/C15H25N3O/c1-4-13-7-5-6-8-14(13)16-10-9-15(19)17-11-12-18(2)3/h5-8,16H,4,9-12H2,1-3H3,(H,17,19). The van der Waals surface area contributed by atoms with Crippen molar-refractivity contribution in [3.8, 4) is 0 Å². The van der Waals surface area contributed by atoms with Gasteiger partial charge in [0.25, 0.3) is 0 Å². The van der Waals surface area contributed by atoms with E-state index in [2.05, 4.69) is 34.6 Å². The van der Waals surface area contributed by atoms with Crippen LogP contribution in [0.25, 0.3) is 0 Å². The Morgan fingerprint density at radius 1 is 1.21 bits per heavy atom. The van der Waals surface area contributed by atoms with Gasteiger partial charge in [-0.05, 0) is 32.1 Å². The Morgan fingerprint density at radius 2 is 1.95 bits per heavy atom. The summed E-state index contributed by atoms with van der Waals surface area (Å²) in [6.07, 6.45) is 1.50. The number of nitrogens with zero attached hydrogens (tertiary/aromatic N) is 1. The third-order valence-corrected chi connectivity index (χ3v) is 2.95. The lowest BCUT2D eigenvalue weighted by molar-refractivity contribution is -0.120. The first-order chi connectivity index (χ1) is 9.13. The van der Waals surface area contributed by atoms with E-state index in [0.717, 1.165) is 18.7 Å². The average Bonchev–Trinajstić information content (AvgIpc) is 2.39. The van der Waals surface area contributed by atoms with Gasteiger partial charge < -0.3 is 15.5 Å². The highest BCUT2D eigenvalue weighted by molar-refractivity contribution is 5.76. The minimum Gasteiger partial charge on any atom is -0.384 e. The Bertz CT molecular complexity index is 391. The fourth-order valence-corrected chi connectivity index (χ4v) is 1.82. The molecule has 0 aliphatic carbocycles. The first-order valence-electron chi connectivity index (χ1n) is 6.86. The molecule has 0 atom stereocenters. The van der Waals surface area contributed by atoms with Gasteiger partial charge in [0.2, 0.25) is 5.91 Å². The molecular weight excluding hydrogens is 238 g/mol. The van der Waals surface area contributed by atoms with Gasteiger partial charge in [0.1, 0.15) is 0 Å². The molecule has 0 saturated heterocycles. The van der Waals surface area contributed by atoms with Gasteiger partial charge in [0.15, 0.2) is 0 Å². The Balaban J connectivity index is 2.24.